The molecule has 0 heterocycles. The van der Waals surface area contributed by atoms with Gasteiger partial charge >= 0.3 is 0 Å². The molecule has 0 aromatic heterocycles. The molecule has 61 heavy (non-hydrogen) atoms. The highest BCUT2D eigenvalue weighted by molar-refractivity contribution is 6.49. The van der Waals surface area contributed by atoms with Gasteiger partial charge in [-0.2, -0.15) is 0 Å². The number of Topliss-reactive ketones (excluding diaryl/α,β-unsaturated/α-hetero) is 2. The van der Waals surface area contributed by atoms with Crippen molar-refractivity contribution in [3.8, 4) is 11.1 Å². The quantitative estimate of drug-likeness (QED) is 0.129. The molecule has 12 rings (SSSR count). The summed E-state index contributed by atoms with van der Waals surface area (Å²) >= 11 is 0. The number of carbonyl (C=O) groups excluding carboxylic acids is 2. The number of carbonyl (C=O) groups is 2. The number of benzene rings is 9. The Kier molecular flexibility index (Phi) is 7.43. The van der Waals surface area contributed by atoms with E-state index in [9.17, 15) is 18.4 Å². The van der Waals surface area contributed by atoms with E-state index in [1.54, 1.807) is 6.08 Å². The van der Waals surface area contributed by atoms with Gasteiger partial charge in [-0.05, 0) is 150 Å². The topological polar surface area (TPSA) is 37.4 Å². The van der Waals surface area contributed by atoms with Crippen molar-refractivity contribution in [3.63, 3.8) is 0 Å². The summed E-state index contributed by atoms with van der Waals surface area (Å²) in [5, 5.41) is 13.3. The number of aryl methyl sites for hydroxylation is 2. The molecule has 0 saturated carbocycles. The van der Waals surface area contributed by atoms with Crippen LogP contribution in [-0.2, 0) is 0 Å². The van der Waals surface area contributed by atoms with Gasteiger partial charge in [-0.25, -0.2) is 8.78 Å². The Morgan fingerprint density at radius 1 is 0.426 bits per heavy atom. The van der Waals surface area contributed by atoms with Crippen LogP contribution in [0.25, 0.3) is 81.8 Å². The van der Waals surface area contributed by atoms with Crippen molar-refractivity contribution < 1.29 is 18.4 Å². The van der Waals surface area contributed by atoms with Crippen molar-refractivity contribution in [2.45, 2.75) is 13.8 Å². The van der Waals surface area contributed by atoms with Gasteiger partial charge in [0.25, 0.3) is 0 Å². The fraction of sp³-hybridized carbons (Fsp3) is 0.0357. The van der Waals surface area contributed by atoms with Gasteiger partial charge < -0.3 is 4.90 Å². The number of hydrogen-bond donors (Lipinski definition) is 0. The number of halogens is 2. The summed E-state index contributed by atoms with van der Waals surface area (Å²) in [6, 6.07) is 53.3. The van der Waals surface area contributed by atoms with Gasteiger partial charge in [0.15, 0.2) is 23.2 Å². The summed E-state index contributed by atoms with van der Waals surface area (Å²) < 4.78 is 28.5. The smallest absolute Gasteiger partial charge is 0.197 e. The molecule has 5 heteroatoms. The minimum atomic E-state index is -1.16. The van der Waals surface area contributed by atoms with Crippen molar-refractivity contribution in [3.05, 3.63) is 203 Å². The number of rotatable bonds is 5. The zero-order chi connectivity index (χ0) is 41.3. The van der Waals surface area contributed by atoms with Crippen molar-refractivity contribution in [1.29, 1.82) is 0 Å². The van der Waals surface area contributed by atoms with E-state index in [4.69, 9.17) is 0 Å². The molecule has 0 N–H and O–H groups in total. The molecule has 0 unspecified atom stereocenters. The first-order valence-electron chi connectivity index (χ1n) is 20.4. The monoisotopic (exact) mass is 789 g/mol. The second kappa shape index (κ2) is 12.9. The van der Waals surface area contributed by atoms with Crippen LogP contribution in [-0.4, -0.2) is 11.6 Å². The molecule has 1 aliphatic carbocycles. The fourth-order valence-corrected chi connectivity index (χ4v) is 10.0. The Morgan fingerprint density at radius 2 is 0.967 bits per heavy atom. The minimum Gasteiger partial charge on any atom is -0.310 e. The summed E-state index contributed by atoms with van der Waals surface area (Å²) in [7, 11) is 0. The highest BCUT2D eigenvalue weighted by Crippen LogP contribution is 2.55. The van der Waals surface area contributed by atoms with Gasteiger partial charge in [-0.3, -0.25) is 9.59 Å². The van der Waals surface area contributed by atoms with E-state index in [-0.39, 0.29) is 16.7 Å². The fourth-order valence-electron chi connectivity index (χ4n) is 10.0. The van der Waals surface area contributed by atoms with E-state index < -0.39 is 23.2 Å². The molecule has 11 aromatic rings. The Morgan fingerprint density at radius 3 is 1.62 bits per heavy atom. The number of allylic oxidation sites excluding steroid dienone is 1. The third-order valence-corrected chi connectivity index (χ3v) is 12.7. The molecule has 3 nitrogen and oxygen atoms in total. The Labute approximate surface area is 349 Å². The molecule has 0 aliphatic heterocycles. The lowest BCUT2D eigenvalue weighted by Gasteiger charge is -2.27. The summed E-state index contributed by atoms with van der Waals surface area (Å²) in [5.41, 5.74) is 8.10. The molecule has 0 radical (unpaired) electrons. The SMILES string of the molecule is Cc1ccc(N(c2ccc(C)cc2)c2cc3c(-c4ccccc4)c4c5cccc6c(C=C7C(=O)c8cc(F)c(F)cc8C7=O)ccc(c65)c4c4c5ccccc5c(c2)c34)cc1. The van der Waals surface area contributed by atoms with E-state index in [1.807, 2.05) is 24.3 Å². The predicted octanol–water partition coefficient (Wildman–Crippen LogP) is 15.0. The summed E-state index contributed by atoms with van der Waals surface area (Å²) in [6.07, 6.45) is 1.59. The van der Waals surface area contributed by atoms with Gasteiger partial charge in [0.05, 0.1) is 5.57 Å². The lowest BCUT2D eigenvalue weighted by Crippen LogP contribution is -2.10. The van der Waals surface area contributed by atoms with Gasteiger partial charge in [-0.15, -0.1) is 0 Å². The third kappa shape index (κ3) is 5.01. The maximum atomic E-state index is 14.3. The van der Waals surface area contributed by atoms with Gasteiger partial charge in [0, 0.05) is 28.2 Å². The second-order valence-corrected chi connectivity index (χ2v) is 16.3. The van der Waals surface area contributed by atoms with E-state index in [2.05, 4.69) is 140 Å². The van der Waals surface area contributed by atoms with Crippen molar-refractivity contribution in [2.75, 3.05) is 4.90 Å². The van der Waals surface area contributed by atoms with E-state index in [0.29, 0.717) is 5.56 Å². The lowest BCUT2D eigenvalue weighted by atomic mass is 9.90. The first-order chi connectivity index (χ1) is 29.7. The predicted molar refractivity (Wildman–Crippen MR) is 246 cm³/mol. The average molecular weight is 790 g/mol. The molecule has 0 bridgehead atoms. The standard InChI is InChI=1S/C56H33F2NO2/c1-30-15-20-34(21-16-30)59(35-22-17-31(2)18-23-35)36-26-42-38-11-6-7-12-39(38)52-51(42)45(27-36)49(32-9-4-3-5-10-32)53-40-14-8-13-37-33(19-24-41(50(37)40)54(52)53)25-46-55(60)43-28-47(57)48(58)29-44(43)56(46)61/h3-29H,1-2H3. The van der Waals surface area contributed by atoms with E-state index >= 15 is 0 Å². The zero-order valence-corrected chi connectivity index (χ0v) is 33.1. The molecular weight excluding hydrogens is 757 g/mol. The molecular formula is C56H33F2NO2. The minimum absolute atomic E-state index is 0.108. The third-order valence-electron chi connectivity index (χ3n) is 12.7. The summed E-state index contributed by atoms with van der Waals surface area (Å²) in [4.78, 5) is 29.5. The maximum Gasteiger partial charge on any atom is 0.197 e. The summed E-state index contributed by atoms with van der Waals surface area (Å²) in [5.74, 6) is -3.54. The Hall–Kier alpha value is -7.76. The maximum absolute atomic E-state index is 14.3. The molecule has 0 atom stereocenters. The Balaban J connectivity index is 1.21. The van der Waals surface area contributed by atoms with Crippen LogP contribution in [0.5, 0.6) is 0 Å². The van der Waals surface area contributed by atoms with Crippen LogP contribution in [0.15, 0.2) is 163 Å². The first kappa shape index (κ1) is 35.2. The van der Waals surface area contributed by atoms with Gasteiger partial charge in [0.1, 0.15) is 0 Å². The van der Waals surface area contributed by atoms with Crippen LogP contribution < -0.4 is 4.90 Å². The number of fused-ring (bicyclic) bond motifs is 8. The molecule has 0 saturated heterocycles. The van der Waals surface area contributed by atoms with Crippen LogP contribution in [0.3, 0.4) is 0 Å². The van der Waals surface area contributed by atoms with Crippen molar-refractivity contribution in [1.82, 2.24) is 0 Å². The van der Waals surface area contributed by atoms with Gasteiger partial charge in [0.2, 0.25) is 0 Å². The number of ketones is 2. The molecule has 0 spiro atoms. The van der Waals surface area contributed by atoms with Crippen LogP contribution >= 0.6 is 0 Å². The van der Waals surface area contributed by atoms with E-state index in [1.165, 1.54) is 38.1 Å². The normalized spacial score (nSPS) is 13.0. The van der Waals surface area contributed by atoms with Crippen LogP contribution in [0.1, 0.15) is 37.4 Å². The highest BCUT2D eigenvalue weighted by Gasteiger charge is 2.35. The second-order valence-electron chi connectivity index (χ2n) is 16.3. The number of nitrogens with zero attached hydrogens (tertiary/aromatic N) is 1. The van der Waals surface area contributed by atoms with Crippen molar-refractivity contribution >= 4 is 99.3 Å². The highest BCUT2D eigenvalue weighted by atomic mass is 19.2. The molecule has 1 aliphatic rings. The molecule has 0 fully saturated rings. The van der Waals surface area contributed by atoms with Crippen LogP contribution in [0, 0.1) is 25.5 Å². The molecule has 288 valence electrons. The largest absolute Gasteiger partial charge is 0.310 e. The van der Waals surface area contributed by atoms with Crippen LogP contribution in [0.2, 0.25) is 0 Å². The molecule has 11 aromatic carbocycles. The van der Waals surface area contributed by atoms with Crippen molar-refractivity contribution in [2.24, 2.45) is 0 Å². The van der Waals surface area contributed by atoms with Crippen LogP contribution in [0.4, 0.5) is 25.8 Å². The average Bonchev–Trinajstić information content (AvgIpc) is 3.87. The number of hydrogen-bond acceptors (Lipinski definition) is 3. The zero-order valence-electron chi connectivity index (χ0n) is 33.1. The molecule has 0 amide bonds. The summed E-state index contributed by atoms with van der Waals surface area (Å²) in [6.45, 7) is 4.22. The Bertz CT molecular complexity index is 3610. The van der Waals surface area contributed by atoms with Gasteiger partial charge in [-0.1, -0.05) is 120 Å². The number of anilines is 3. The first-order valence-corrected chi connectivity index (χ1v) is 20.4. The lowest BCUT2D eigenvalue weighted by molar-refractivity contribution is 0.0990. The van der Waals surface area contributed by atoms with E-state index in [0.717, 1.165) is 78.0 Å².